The van der Waals surface area contributed by atoms with E-state index >= 15 is 0 Å². The molecule has 0 saturated heterocycles. The third-order valence-electron chi connectivity index (χ3n) is 10.5. The number of methoxy groups -OCH3 is 2. The van der Waals surface area contributed by atoms with Crippen molar-refractivity contribution in [1.82, 2.24) is 9.97 Å². The first-order valence-electron chi connectivity index (χ1n) is 21.6. The van der Waals surface area contributed by atoms with Gasteiger partial charge in [0, 0.05) is 22.3 Å². The largest absolute Gasteiger partial charge is 0.487 e. The molecule has 1 N–H and O–H groups in total. The summed E-state index contributed by atoms with van der Waals surface area (Å²) >= 11 is 9.53. The van der Waals surface area contributed by atoms with Gasteiger partial charge in [0.1, 0.15) is 53.6 Å². The van der Waals surface area contributed by atoms with Crippen LogP contribution in [0.1, 0.15) is 104 Å². The second kappa shape index (κ2) is 21.9. The van der Waals surface area contributed by atoms with Gasteiger partial charge in [-0.3, -0.25) is 0 Å². The fraction of sp³-hybridized carbons (Fsp3) is 0.288. The van der Waals surface area contributed by atoms with E-state index in [-0.39, 0.29) is 47.6 Å². The predicted octanol–water partition coefficient (Wildman–Crippen LogP) is 13.6. The Morgan fingerprint density at radius 2 is 1.15 bits per heavy atom. The number of esters is 2. The summed E-state index contributed by atoms with van der Waals surface area (Å²) in [5.41, 5.74) is 5.74. The highest BCUT2D eigenvalue weighted by Gasteiger charge is 2.37. The summed E-state index contributed by atoms with van der Waals surface area (Å²) in [4.78, 5) is 50.5. The van der Waals surface area contributed by atoms with Gasteiger partial charge in [-0.1, -0.05) is 76.2 Å². The molecule has 4 aromatic carbocycles. The first-order valence-corrected chi connectivity index (χ1v) is 22.7. The van der Waals surface area contributed by atoms with Crippen LogP contribution >= 0.6 is 23.2 Å². The minimum atomic E-state index is -0.772. The van der Waals surface area contributed by atoms with Crippen LogP contribution < -0.4 is 19.7 Å². The molecule has 0 radical (unpaired) electrons. The van der Waals surface area contributed by atoms with E-state index in [9.17, 15) is 23.2 Å². The molecule has 0 bridgehead atoms. The lowest BCUT2D eigenvalue weighted by atomic mass is 9.90. The average molecular weight is 970 g/mol. The summed E-state index contributed by atoms with van der Waals surface area (Å²) in [6.07, 6.45) is -0.639. The van der Waals surface area contributed by atoms with Gasteiger partial charge >= 0.3 is 18.0 Å². The Hall–Kier alpha value is -6.77. The smallest absolute Gasteiger partial charge is 0.420 e. The quantitative estimate of drug-likeness (QED) is 0.0969. The van der Waals surface area contributed by atoms with E-state index < -0.39 is 29.5 Å². The summed E-state index contributed by atoms with van der Waals surface area (Å²) < 4.78 is 55.5. The number of carbonyl (C=O) groups is 3. The second-order valence-corrected chi connectivity index (χ2v) is 17.8. The van der Waals surface area contributed by atoms with Crippen molar-refractivity contribution in [1.29, 1.82) is 0 Å². The zero-order valence-electron chi connectivity index (χ0n) is 39.1. The predicted molar refractivity (Wildman–Crippen MR) is 260 cm³/mol. The van der Waals surface area contributed by atoms with Crippen molar-refractivity contribution in [2.24, 2.45) is 0 Å². The van der Waals surface area contributed by atoms with Crippen molar-refractivity contribution in [2.45, 2.75) is 79.1 Å². The molecule has 2 aliphatic rings. The fourth-order valence-corrected chi connectivity index (χ4v) is 7.65. The van der Waals surface area contributed by atoms with Gasteiger partial charge in [0.25, 0.3) is 0 Å². The monoisotopic (exact) mass is 968 g/mol. The van der Waals surface area contributed by atoms with Gasteiger partial charge in [-0.25, -0.2) is 38.0 Å². The Morgan fingerprint density at radius 3 is 1.66 bits per heavy atom. The van der Waals surface area contributed by atoms with Crippen LogP contribution in [0.4, 0.5) is 36.6 Å². The molecule has 16 heteroatoms. The maximum atomic E-state index is 13.8. The highest BCUT2D eigenvalue weighted by atomic mass is 35.5. The van der Waals surface area contributed by atoms with Crippen molar-refractivity contribution in [3.05, 3.63) is 142 Å². The molecule has 12 nitrogen and oxygen atoms in total. The topological polar surface area (TPSA) is 138 Å². The van der Waals surface area contributed by atoms with E-state index in [2.05, 4.69) is 5.32 Å². The third-order valence-corrected chi connectivity index (χ3v) is 10.5. The number of amides is 1. The number of benzene rings is 4. The van der Waals surface area contributed by atoms with Gasteiger partial charge in [0.2, 0.25) is 0 Å². The second-order valence-electron chi connectivity index (χ2n) is 17.0. The number of aromatic nitrogens is 2. The van der Waals surface area contributed by atoms with E-state index in [0.29, 0.717) is 67.8 Å². The van der Waals surface area contributed by atoms with Gasteiger partial charge in [-0.2, -0.15) is 0 Å². The van der Waals surface area contributed by atoms with E-state index in [1.165, 1.54) is 43.4 Å². The number of pyridine rings is 2. The lowest BCUT2D eigenvalue weighted by Crippen LogP contribution is -2.35. The number of alkyl halides is 2. The van der Waals surface area contributed by atoms with Crippen molar-refractivity contribution < 1.29 is 46.8 Å². The van der Waals surface area contributed by atoms with Crippen LogP contribution in [-0.2, 0) is 27.4 Å². The van der Waals surface area contributed by atoms with E-state index in [0.717, 1.165) is 11.3 Å². The molecule has 0 spiro atoms. The molecule has 0 atom stereocenters. The number of hydrogen-bond donors (Lipinski definition) is 1. The van der Waals surface area contributed by atoms with Crippen molar-refractivity contribution >= 4 is 64.2 Å². The lowest BCUT2D eigenvalue weighted by Gasteiger charge is -2.29. The molecule has 4 heterocycles. The molecule has 68 heavy (non-hydrogen) atoms. The fourth-order valence-electron chi connectivity index (χ4n) is 7.65. The maximum absolute atomic E-state index is 13.8. The third kappa shape index (κ3) is 11.1. The summed E-state index contributed by atoms with van der Waals surface area (Å²) in [5, 5.41) is 3.54. The minimum absolute atomic E-state index is 0.00766. The van der Waals surface area contributed by atoms with Crippen LogP contribution in [0.2, 0.25) is 0 Å². The summed E-state index contributed by atoms with van der Waals surface area (Å²) in [6.45, 7) is 13.3. The number of hydrogen-bond acceptors (Lipinski definition) is 11. The Kier molecular flexibility index (Phi) is 16.3. The van der Waals surface area contributed by atoms with Crippen molar-refractivity contribution in [3.8, 4) is 33.8 Å². The van der Waals surface area contributed by atoms with Crippen LogP contribution in [0.5, 0.6) is 11.5 Å². The average Bonchev–Trinajstić information content (AvgIpc) is 3.60. The minimum Gasteiger partial charge on any atom is -0.487 e. The SMILES string of the molecule is COC(=O)c1c(C(C)C)nc2c(c1-c1ccc(F)cc1)COc1ccccc1N2.COC(=O)c1c(C(C)C)nc2c(c1-c1ccc(F)cc1)COc1ccccc1N2C(=O)OC(C)(C)C.ClCCl. The van der Waals surface area contributed by atoms with Crippen LogP contribution in [0.15, 0.2) is 97.1 Å². The summed E-state index contributed by atoms with van der Waals surface area (Å²) in [7, 11) is 2.64. The van der Waals surface area contributed by atoms with Gasteiger partial charge in [-0.05, 0) is 92.3 Å². The van der Waals surface area contributed by atoms with Crippen molar-refractivity contribution in [2.75, 3.05) is 29.8 Å². The highest BCUT2D eigenvalue weighted by molar-refractivity contribution is 6.40. The first-order chi connectivity index (χ1) is 32.4. The molecule has 2 aliphatic heterocycles. The number of rotatable bonds is 6. The Labute approximate surface area is 404 Å². The van der Waals surface area contributed by atoms with Gasteiger partial charge in [0.05, 0.1) is 53.4 Å². The zero-order valence-corrected chi connectivity index (χ0v) is 40.6. The number of nitrogens with one attached hydrogen (secondary N) is 1. The number of fused-ring (bicyclic) bond motifs is 4. The highest BCUT2D eigenvalue weighted by Crippen LogP contribution is 2.46. The molecule has 0 unspecified atom stereocenters. The van der Waals surface area contributed by atoms with Crippen LogP contribution in [0, 0.1) is 11.6 Å². The molecule has 0 aliphatic carbocycles. The van der Waals surface area contributed by atoms with Gasteiger partial charge in [0.15, 0.2) is 0 Å². The molecular weight excluding hydrogens is 917 g/mol. The molecule has 6 aromatic rings. The van der Waals surface area contributed by atoms with Gasteiger partial charge < -0.3 is 29.0 Å². The Balaban J connectivity index is 0.000000216. The summed E-state index contributed by atoms with van der Waals surface area (Å²) in [5.74, 6) is -0.0165. The molecule has 2 aromatic heterocycles. The number of carbonyl (C=O) groups excluding carboxylic acids is 3. The first kappa shape index (κ1) is 50.6. The van der Waals surface area contributed by atoms with Gasteiger partial charge in [-0.15, -0.1) is 23.2 Å². The molecule has 8 rings (SSSR count). The molecule has 1 amide bonds. The normalized spacial score (nSPS) is 12.3. The molecular formula is C52H52Cl2F2N4O8. The summed E-state index contributed by atoms with van der Waals surface area (Å²) in [6, 6.07) is 26.5. The molecule has 356 valence electrons. The molecule has 0 fully saturated rings. The number of para-hydroxylation sites is 4. The van der Waals surface area contributed by atoms with E-state index in [1.807, 2.05) is 52.0 Å². The van der Waals surface area contributed by atoms with E-state index in [1.54, 1.807) is 69.3 Å². The Morgan fingerprint density at radius 1 is 0.691 bits per heavy atom. The lowest BCUT2D eigenvalue weighted by molar-refractivity contribution is 0.0588. The number of nitrogens with zero attached hydrogens (tertiary/aromatic N) is 3. The van der Waals surface area contributed by atoms with E-state index in [4.69, 9.17) is 56.9 Å². The number of halogens is 4. The van der Waals surface area contributed by atoms with Crippen molar-refractivity contribution in [3.63, 3.8) is 0 Å². The number of anilines is 4. The zero-order chi connectivity index (χ0) is 49.4. The van der Waals surface area contributed by atoms with Crippen LogP contribution in [0.3, 0.4) is 0 Å². The van der Waals surface area contributed by atoms with Crippen LogP contribution in [-0.4, -0.2) is 53.2 Å². The standard InChI is InChI=1S/C28H29FN2O5.C23H21FN2O3.CH2Cl2/c1-16(2)24-23(26(32)34-6)22(17-11-13-18(29)14-12-17)19-15-35-21-10-8-7-9-20(21)31(25(19)30-24)27(33)36-28(3,4)5;1-13(2)21-20(23(27)28-3)19(14-8-10-15(24)11-9-14)16-12-29-18-7-5-4-6-17(18)25-22(16)26-21;2-1-3/h7-14,16H,15H2,1-6H3;4-11,13H,12H2,1-3H3,(H,25,26);1H2. The Bertz CT molecular complexity index is 2800. The van der Waals surface area contributed by atoms with Crippen LogP contribution in [0.25, 0.3) is 22.3 Å². The maximum Gasteiger partial charge on any atom is 0.420 e. The number of ether oxygens (including phenoxy) is 5. The molecule has 0 saturated carbocycles.